The van der Waals surface area contributed by atoms with Gasteiger partial charge >= 0.3 is 5.97 Å². The largest absolute Gasteiger partial charge is 0.748 e. The highest BCUT2D eigenvalue weighted by Crippen LogP contribution is 2.31. The van der Waals surface area contributed by atoms with Crippen LogP contribution in [0.5, 0.6) is 0 Å². The molecule has 0 aliphatic carbocycles. The number of nitrogens with zero attached hydrogens (tertiary/aromatic N) is 7. The molecule has 98 heavy (non-hydrogen) atoms. The summed E-state index contributed by atoms with van der Waals surface area (Å²) >= 11 is 2.81. The van der Waals surface area contributed by atoms with Crippen LogP contribution in [-0.2, 0) is 88.7 Å². The van der Waals surface area contributed by atoms with Gasteiger partial charge in [0.2, 0.25) is 47.6 Å². The maximum Gasteiger partial charge on any atom is 0.307 e. The van der Waals surface area contributed by atoms with Crippen LogP contribution in [0.1, 0.15) is 46.6 Å². The fourth-order valence-corrected chi connectivity index (χ4v) is 13.5. The predicted octanol–water partition coefficient (Wildman–Crippen LogP) is 5.31. The third kappa shape index (κ3) is 30.6. The van der Waals surface area contributed by atoms with Gasteiger partial charge in [-0.25, -0.2) is 69.0 Å². The maximum atomic E-state index is 12.5. The molecule has 0 saturated carbocycles. The van der Waals surface area contributed by atoms with Crippen molar-refractivity contribution in [2.75, 3.05) is 62.0 Å². The average Bonchev–Trinajstić information content (AvgIpc) is 1.69. The number of hydrogen-bond donors (Lipinski definition) is 6. The number of primary sulfonamides is 3. The van der Waals surface area contributed by atoms with Crippen molar-refractivity contribution in [3.63, 3.8) is 0 Å². The minimum Gasteiger partial charge on any atom is -0.748 e. The van der Waals surface area contributed by atoms with Gasteiger partial charge in [0, 0.05) is 81.8 Å². The Labute approximate surface area is 580 Å². The number of ether oxygens (including phenoxy) is 1. The first-order valence-electron chi connectivity index (χ1n) is 28.1. The van der Waals surface area contributed by atoms with E-state index in [2.05, 4.69) is 35.2 Å². The molecular formula is C60H74N12O18S8. The Morgan fingerprint density at radius 2 is 0.908 bits per heavy atom. The van der Waals surface area contributed by atoms with Crippen molar-refractivity contribution in [3.8, 4) is 33.8 Å². The number of carboxylic acid groups (broad SMARTS) is 1. The van der Waals surface area contributed by atoms with Crippen molar-refractivity contribution in [2.45, 2.75) is 65.5 Å². The molecule has 6 aromatic heterocycles. The number of sulfonamides is 3. The number of nitrogens with one attached hydrogen (secondary N) is 2. The molecule has 12 N–H and O–H groups in total. The summed E-state index contributed by atoms with van der Waals surface area (Å²) in [7, 11) is -14.1. The highest BCUT2D eigenvalue weighted by molar-refractivity contribution is 7.92. The van der Waals surface area contributed by atoms with E-state index in [-0.39, 0.29) is 54.9 Å². The van der Waals surface area contributed by atoms with Crippen LogP contribution in [-0.4, -0.2) is 151 Å². The summed E-state index contributed by atoms with van der Waals surface area (Å²) in [5.74, 6) is -1.20. The van der Waals surface area contributed by atoms with Gasteiger partial charge in [0.1, 0.15) is 0 Å². The summed E-state index contributed by atoms with van der Waals surface area (Å²) in [6.07, 6.45) is 9.60. The molecule has 1 saturated heterocycles. The van der Waals surface area contributed by atoms with E-state index in [4.69, 9.17) is 42.8 Å². The normalized spacial score (nSPS) is 11.7. The number of benzene rings is 3. The number of pyridine rings is 3. The zero-order valence-electron chi connectivity index (χ0n) is 54.0. The van der Waals surface area contributed by atoms with Crippen molar-refractivity contribution in [1.82, 2.24) is 24.9 Å². The van der Waals surface area contributed by atoms with E-state index in [0.717, 1.165) is 97.7 Å². The quantitative estimate of drug-likeness (QED) is 0.0708. The van der Waals surface area contributed by atoms with Gasteiger partial charge in [0.05, 0.1) is 64.1 Å². The lowest BCUT2D eigenvalue weighted by Crippen LogP contribution is -2.27. The number of carboxylic acids is 1. The molecular weight excluding hydrogens is 1430 g/mol. The van der Waals surface area contributed by atoms with Crippen LogP contribution >= 0.6 is 34.0 Å². The number of aliphatic carboxylic acids is 1. The van der Waals surface area contributed by atoms with E-state index < -0.39 is 56.3 Å². The molecule has 1 aliphatic rings. The minimum absolute atomic E-state index is 0. The molecule has 0 unspecified atom stereocenters. The molecule has 9 aromatic rings. The number of amides is 2. The molecule has 1 fully saturated rings. The van der Waals surface area contributed by atoms with Crippen LogP contribution in [0.15, 0.2) is 159 Å². The first kappa shape index (κ1) is 83.9. The molecule has 3 aromatic carbocycles. The van der Waals surface area contributed by atoms with Crippen LogP contribution in [0.4, 0.5) is 15.4 Å². The van der Waals surface area contributed by atoms with Gasteiger partial charge in [-0.1, -0.05) is 107 Å². The highest BCUT2D eigenvalue weighted by Gasteiger charge is 2.24. The van der Waals surface area contributed by atoms with Crippen molar-refractivity contribution < 1.29 is 85.9 Å². The van der Waals surface area contributed by atoms with Crippen LogP contribution in [0.2, 0.25) is 0 Å². The van der Waals surface area contributed by atoms with Crippen LogP contribution in [0, 0.1) is 20.8 Å². The number of aromatic amines is 1. The average molecular weight is 1510 g/mol. The summed E-state index contributed by atoms with van der Waals surface area (Å²) in [5, 5.41) is 27.8. The molecule has 7 heterocycles. The van der Waals surface area contributed by atoms with Gasteiger partial charge in [-0.05, 0) is 92.8 Å². The fourth-order valence-electron chi connectivity index (χ4n) is 7.82. The third-order valence-corrected chi connectivity index (χ3v) is 20.6. The van der Waals surface area contributed by atoms with E-state index >= 15 is 0 Å². The van der Waals surface area contributed by atoms with Gasteiger partial charge < -0.3 is 25.2 Å². The zero-order chi connectivity index (χ0) is 72.5. The smallest absolute Gasteiger partial charge is 0.307 e. The summed E-state index contributed by atoms with van der Waals surface area (Å²) in [5.41, 5.74) is 9.23. The Bertz CT molecular complexity index is 4400. The van der Waals surface area contributed by atoms with Gasteiger partial charge in [0.25, 0.3) is 10.1 Å². The maximum absolute atomic E-state index is 12.5. The number of hydrogen-bond acceptors (Lipinski definition) is 24. The van der Waals surface area contributed by atoms with Crippen molar-refractivity contribution in [2.24, 2.45) is 15.4 Å². The Morgan fingerprint density at radius 1 is 0.561 bits per heavy atom. The number of thiazole rings is 3. The Morgan fingerprint density at radius 3 is 1.18 bits per heavy atom. The number of rotatable bonds is 15. The minimum atomic E-state index is -3.92. The van der Waals surface area contributed by atoms with Crippen LogP contribution in [0.3, 0.4) is 0 Å². The topological polar surface area (TPSA) is 501 Å². The molecule has 530 valence electrons. The second-order valence-corrected chi connectivity index (χ2v) is 31.5. The van der Waals surface area contributed by atoms with Crippen molar-refractivity contribution in [1.29, 1.82) is 0 Å². The van der Waals surface area contributed by atoms with E-state index in [1.165, 1.54) is 22.6 Å². The van der Waals surface area contributed by atoms with Crippen LogP contribution < -0.4 is 35.5 Å². The number of carbonyl (C=O) groups excluding carboxylic acids is 2. The first-order valence-corrected chi connectivity index (χ1v) is 38.9. The van der Waals surface area contributed by atoms with E-state index in [9.17, 15) is 48.1 Å². The Balaban J connectivity index is 0.000000326. The zero-order valence-corrected chi connectivity index (χ0v) is 60.5. The fraction of sp³-hybridized carbons (Fsp3) is 0.250. The second-order valence-electron chi connectivity index (χ2n) is 20.4. The highest BCUT2D eigenvalue weighted by atomic mass is 32.3. The van der Waals surface area contributed by atoms with Gasteiger partial charge in [-0.3, -0.25) is 38.7 Å². The first-order chi connectivity index (χ1) is 45.2. The van der Waals surface area contributed by atoms with E-state index in [1.807, 2.05) is 134 Å². The lowest BCUT2D eigenvalue weighted by atomic mass is 10.1. The summed E-state index contributed by atoms with van der Waals surface area (Å²) in [6, 6.07) is 39.9. The Hall–Kier alpha value is -8.32. The molecule has 10 rings (SSSR count). The SMILES string of the molecule is C1CCOC1.CNc1nc(C)c(S(N)(=O)=O)s1.CS(=O)(=O)O.CS(=O)(=O)[O-].Cc1nc(N(C)C(=O)Cc2ccc(-c3cccc[nH+]3)cc2)sc1S(N)(=O)=O.Cc1nc(N(C)C(=O)Cc2ccc(-c3ccccn3)cc2)sc1S(N)(=O)=O.O.O=C(O)Cc1ccc(-c2ccccn2)cc1. The van der Waals surface area contributed by atoms with Gasteiger partial charge in [-0.15, -0.1) is 0 Å². The van der Waals surface area contributed by atoms with E-state index in [1.54, 1.807) is 54.3 Å². The molecule has 1 aliphatic heterocycles. The predicted molar refractivity (Wildman–Crippen MR) is 374 cm³/mol. The number of aryl methyl sites for hydroxylation is 3. The summed E-state index contributed by atoms with van der Waals surface area (Å²) < 4.78 is 126. The third-order valence-electron chi connectivity index (χ3n) is 12.2. The second kappa shape index (κ2) is 38.7. The monoisotopic (exact) mass is 1510 g/mol. The molecule has 30 nitrogen and oxygen atoms in total. The number of nitrogens with two attached hydrogens (primary N) is 3. The molecule has 0 radical (unpaired) electrons. The lowest BCUT2D eigenvalue weighted by molar-refractivity contribution is -0.364. The van der Waals surface area contributed by atoms with Crippen LogP contribution in [0.25, 0.3) is 33.8 Å². The Kier molecular flexibility index (Phi) is 33.2. The number of likely N-dealkylation sites (N-methyl/N-ethyl adjacent to an activating group) is 2. The van der Waals surface area contributed by atoms with Crippen molar-refractivity contribution in [3.05, 3.63) is 180 Å². The molecule has 0 bridgehead atoms. The molecule has 0 spiro atoms. The van der Waals surface area contributed by atoms with Crippen molar-refractivity contribution >= 4 is 117 Å². The number of aromatic nitrogens is 6. The molecule has 38 heteroatoms. The van der Waals surface area contributed by atoms with Gasteiger partial charge in [0.15, 0.2) is 34.2 Å². The number of H-pyrrole nitrogens is 1. The molecule has 2 amide bonds. The van der Waals surface area contributed by atoms with Gasteiger partial charge in [-0.2, -0.15) is 8.42 Å². The number of carbonyl (C=O) groups is 3. The van der Waals surface area contributed by atoms with E-state index in [0.29, 0.717) is 39.3 Å². The number of anilines is 3. The lowest BCUT2D eigenvalue weighted by Gasteiger charge is -2.13. The summed E-state index contributed by atoms with van der Waals surface area (Å²) in [6.45, 7) is 6.71. The molecule has 0 atom stereocenters. The summed E-state index contributed by atoms with van der Waals surface area (Å²) in [4.78, 5) is 62.2. The standard InChI is InChI=1S/2C18H18N4O3S2.C13H11NO2.C5H9N3O2S2.C4H8O.2CH4O3S.H2O/c2*1-12-17(27(19,24)25)26-18(21-12)22(2)16(23)11-13-6-8-14(9-7-13)15-5-3-4-10-20-15;15-13(16)9-10-4-6-11(7-5-10)12-3-1-2-8-14-12;1-3-4(12(6,9)10)11-5(7-2)8-3;1-2-4-5-3-1;2*1-5(2,3)4;/h2*3-10H,11H2,1-2H3,(H2,19,24,25);1-8H,9H2,(H,15,16);1-2H3,(H,7,8)(H2,6,9,10);1-4H2;2*1H3,(H,2,3,4);1H2.